The lowest BCUT2D eigenvalue weighted by Crippen LogP contribution is -2.30. The maximum atomic E-state index is 12.4. The van der Waals surface area contributed by atoms with Crippen molar-refractivity contribution < 1.29 is 14.3 Å². The highest BCUT2D eigenvalue weighted by molar-refractivity contribution is 6.30. The van der Waals surface area contributed by atoms with Crippen LogP contribution >= 0.6 is 11.6 Å². The lowest BCUT2D eigenvalue weighted by molar-refractivity contribution is -0.142. The van der Waals surface area contributed by atoms with Crippen LogP contribution in [-0.4, -0.2) is 18.5 Å². The van der Waals surface area contributed by atoms with Crippen molar-refractivity contribution in [3.63, 3.8) is 0 Å². The van der Waals surface area contributed by atoms with Crippen molar-refractivity contribution in [1.82, 2.24) is 5.32 Å². The normalized spacial score (nSPS) is 11.4. The molecule has 0 saturated carbocycles. The van der Waals surface area contributed by atoms with Crippen LogP contribution in [0, 0.1) is 0 Å². The number of amides is 1. The van der Waals surface area contributed by atoms with Gasteiger partial charge >= 0.3 is 5.97 Å². The highest BCUT2D eigenvalue weighted by atomic mass is 35.5. The summed E-state index contributed by atoms with van der Waals surface area (Å²) in [5.74, 6) is -0.671. The minimum Gasteiger partial charge on any atom is -0.461 e. The summed E-state index contributed by atoms with van der Waals surface area (Å²) >= 11 is 5.90. The van der Waals surface area contributed by atoms with Crippen molar-refractivity contribution in [2.75, 3.05) is 6.61 Å². The molecule has 2 aromatic rings. The molecular weight excluding hydrogens is 326 g/mol. The molecule has 0 aliphatic carbocycles. The van der Waals surface area contributed by atoms with E-state index < -0.39 is 12.0 Å². The van der Waals surface area contributed by atoms with E-state index in [2.05, 4.69) is 11.9 Å². The van der Waals surface area contributed by atoms with Crippen molar-refractivity contribution >= 4 is 23.5 Å². The van der Waals surface area contributed by atoms with Crippen LogP contribution in [0.5, 0.6) is 0 Å². The van der Waals surface area contributed by atoms with E-state index in [0.717, 1.165) is 5.56 Å². The first-order valence-corrected chi connectivity index (χ1v) is 7.86. The van der Waals surface area contributed by atoms with Gasteiger partial charge in [-0.1, -0.05) is 54.6 Å². The van der Waals surface area contributed by atoms with Crippen molar-refractivity contribution in [3.05, 3.63) is 83.4 Å². The summed E-state index contributed by atoms with van der Waals surface area (Å²) in [7, 11) is 0. The van der Waals surface area contributed by atoms with E-state index >= 15 is 0 Å². The lowest BCUT2D eigenvalue weighted by atomic mass is 10.0. The van der Waals surface area contributed by atoms with Crippen LogP contribution in [0.4, 0.5) is 0 Å². The molecule has 5 heteroatoms. The molecule has 24 heavy (non-hydrogen) atoms. The number of hydrogen-bond acceptors (Lipinski definition) is 3. The molecule has 1 N–H and O–H groups in total. The van der Waals surface area contributed by atoms with Gasteiger partial charge < -0.3 is 10.1 Å². The van der Waals surface area contributed by atoms with Crippen molar-refractivity contribution in [3.8, 4) is 0 Å². The van der Waals surface area contributed by atoms with E-state index in [1.807, 2.05) is 6.07 Å². The van der Waals surface area contributed by atoms with Gasteiger partial charge in [0.15, 0.2) is 0 Å². The van der Waals surface area contributed by atoms with Gasteiger partial charge in [0, 0.05) is 10.6 Å². The molecule has 0 radical (unpaired) electrons. The summed E-state index contributed by atoms with van der Waals surface area (Å²) in [6.07, 6.45) is 1.52. The maximum absolute atomic E-state index is 12.4. The van der Waals surface area contributed by atoms with E-state index in [1.54, 1.807) is 48.5 Å². The van der Waals surface area contributed by atoms with E-state index in [0.29, 0.717) is 10.6 Å². The Morgan fingerprint density at radius 2 is 1.79 bits per heavy atom. The largest absolute Gasteiger partial charge is 0.461 e. The minimum atomic E-state index is -0.507. The van der Waals surface area contributed by atoms with Crippen molar-refractivity contribution in [1.29, 1.82) is 0 Å². The summed E-state index contributed by atoms with van der Waals surface area (Å²) < 4.78 is 5.02. The number of nitrogens with one attached hydrogen (secondary N) is 1. The Hall–Kier alpha value is -2.59. The van der Waals surface area contributed by atoms with Gasteiger partial charge in [-0.15, -0.1) is 0 Å². The van der Waals surface area contributed by atoms with E-state index in [4.69, 9.17) is 16.3 Å². The third kappa shape index (κ3) is 5.25. The van der Waals surface area contributed by atoms with Crippen LogP contribution in [0.15, 0.2) is 67.3 Å². The summed E-state index contributed by atoms with van der Waals surface area (Å²) in [4.78, 5) is 24.3. The van der Waals surface area contributed by atoms with Crippen molar-refractivity contribution in [2.24, 2.45) is 0 Å². The first-order chi connectivity index (χ1) is 11.6. The van der Waals surface area contributed by atoms with Crippen LogP contribution < -0.4 is 5.32 Å². The third-order valence-corrected chi connectivity index (χ3v) is 3.60. The van der Waals surface area contributed by atoms with E-state index in [9.17, 15) is 9.59 Å². The maximum Gasteiger partial charge on any atom is 0.308 e. The summed E-state index contributed by atoms with van der Waals surface area (Å²) in [6.45, 7) is 3.64. The molecule has 0 aliphatic heterocycles. The molecule has 0 bridgehead atoms. The Morgan fingerprint density at radius 1 is 1.12 bits per heavy atom. The zero-order valence-electron chi connectivity index (χ0n) is 13.1. The zero-order valence-corrected chi connectivity index (χ0v) is 13.8. The van der Waals surface area contributed by atoms with Crippen molar-refractivity contribution in [2.45, 2.75) is 12.5 Å². The number of carbonyl (C=O) groups excluding carboxylic acids is 2. The Bertz CT molecular complexity index is 698. The lowest BCUT2D eigenvalue weighted by Gasteiger charge is -2.18. The molecule has 1 amide bonds. The van der Waals surface area contributed by atoms with Crippen LogP contribution in [-0.2, 0) is 9.53 Å². The first-order valence-electron chi connectivity index (χ1n) is 7.48. The van der Waals surface area contributed by atoms with Crippen LogP contribution in [0.3, 0.4) is 0 Å². The first kappa shape index (κ1) is 17.8. The fraction of sp³-hybridized carbons (Fsp3) is 0.158. The van der Waals surface area contributed by atoms with E-state index in [-0.39, 0.29) is 18.9 Å². The van der Waals surface area contributed by atoms with Crippen LogP contribution in [0.1, 0.15) is 28.4 Å². The Labute approximate surface area is 146 Å². The Balaban J connectivity index is 2.15. The number of hydrogen-bond donors (Lipinski definition) is 1. The van der Waals surface area contributed by atoms with Gasteiger partial charge in [0.2, 0.25) is 0 Å². The van der Waals surface area contributed by atoms with Gasteiger partial charge in [-0.2, -0.15) is 0 Å². The molecule has 0 heterocycles. The molecule has 0 unspecified atom stereocenters. The molecule has 0 saturated heterocycles. The monoisotopic (exact) mass is 343 g/mol. The van der Waals surface area contributed by atoms with Gasteiger partial charge in [0.25, 0.3) is 5.91 Å². The van der Waals surface area contributed by atoms with Crippen LogP contribution in [0.25, 0.3) is 0 Å². The Morgan fingerprint density at radius 3 is 2.42 bits per heavy atom. The molecule has 124 valence electrons. The molecule has 0 aromatic heterocycles. The predicted octanol–water partition coefficient (Wildman–Crippen LogP) is 3.93. The summed E-state index contributed by atoms with van der Waals surface area (Å²) in [5.41, 5.74) is 1.30. The SMILES string of the molecule is C=CCOC(=O)C[C@H](NC(=O)c1ccccc1)c1ccc(Cl)cc1. The zero-order chi connectivity index (χ0) is 17.4. The third-order valence-electron chi connectivity index (χ3n) is 3.35. The average molecular weight is 344 g/mol. The quantitative estimate of drug-likeness (QED) is 0.612. The topological polar surface area (TPSA) is 55.4 Å². The molecular formula is C19H18ClNO3. The van der Waals surface area contributed by atoms with Gasteiger partial charge in [-0.05, 0) is 29.8 Å². The second kappa shape index (κ2) is 8.89. The summed E-state index contributed by atoms with van der Waals surface area (Å²) in [5, 5.41) is 3.45. The van der Waals surface area contributed by atoms with E-state index in [1.165, 1.54) is 6.08 Å². The van der Waals surface area contributed by atoms with Gasteiger partial charge in [-0.3, -0.25) is 9.59 Å². The predicted molar refractivity (Wildman–Crippen MR) is 93.9 cm³/mol. The minimum absolute atomic E-state index is 0.0219. The average Bonchev–Trinajstić information content (AvgIpc) is 2.60. The smallest absolute Gasteiger partial charge is 0.308 e. The number of ether oxygens (including phenoxy) is 1. The van der Waals surface area contributed by atoms with Gasteiger partial charge in [-0.25, -0.2) is 0 Å². The number of halogens is 1. The fourth-order valence-electron chi connectivity index (χ4n) is 2.16. The van der Waals surface area contributed by atoms with Gasteiger partial charge in [0.1, 0.15) is 6.61 Å². The molecule has 4 nitrogen and oxygen atoms in total. The number of benzene rings is 2. The highest BCUT2D eigenvalue weighted by Crippen LogP contribution is 2.20. The number of esters is 1. The van der Waals surface area contributed by atoms with Crippen LogP contribution in [0.2, 0.25) is 5.02 Å². The molecule has 0 aliphatic rings. The fourth-order valence-corrected chi connectivity index (χ4v) is 2.28. The number of rotatable bonds is 7. The second-order valence-electron chi connectivity index (χ2n) is 5.12. The molecule has 2 aromatic carbocycles. The number of carbonyl (C=O) groups is 2. The Kier molecular flexibility index (Phi) is 6.58. The summed E-state index contributed by atoms with van der Waals surface area (Å²) in [6, 6.07) is 15.3. The standard InChI is InChI=1S/C19H18ClNO3/c1-2-12-24-18(22)13-17(14-8-10-16(20)11-9-14)21-19(23)15-6-4-3-5-7-15/h2-11,17H,1,12-13H2,(H,21,23)/t17-/m0/s1. The second-order valence-corrected chi connectivity index (χ2v) is 5.56. The molecule has 0 spiro atoms. The molecule has 2 rings (SSSR count). The molecule has 0 fully saturated rings. The highest BCUT2D eigenvalue weighted by Gasteiger charge is 2.20. The molecule has 1 atom stereocenters. The van der Waals surface area contributed by atoms with Gasteiger partial charge in [0.05, 0.1) is 12.5 Å².